The number of furan rings is 1. The lowest BCUT2D eigenvalue weighted by Crippen LogP contribution is -2.36. The van der Waals surface area contributed by atoms with Gasteiger partial charge in [0.25, 0.3) is 10.0 Å². The zero-order chi connectivity index (χ0) is 13.1. The highest BCUT2D eigenvalue weighted by Gasteiger charge is 2.28. The van der Waals surface area contributed by atoms with Crippen LogP contribution in [0.4, 0.5) is 0 Å². The summed E-state index contributed by atoms with van der Waals surface area (Å²) in [6.07, 6.45) is 1.92. The molecule has 1 aromatic heterocycles. The van der Waals surface area contributed by atoms with Crippen LogP contribution < -0.4 is 0 Å². The summed E-state index contributed by atoms with van der Waals surface area (Å²) in [5.74, 6) is 0.957. The van der Waals surface area contributed by atoms with Crippen LogP contribution in [0, 0.1) is 0 Å². The molecule has 17 heavy (non-hydrogen) atoms. The van der Waals surface area contributed by atoms with Gasteiger partial charge in [-0.3, -0.25) is 0 Å². The fourth-order valence-electron chi connectivity index (χ4n) is 1.31. The van der Waals surface area contributed by atoms with Crippen molar-refractivity contribution in [2.45, 2.75) is 24.7 Å². The molecule has 1 heterocycles. The number of thioether (sulfide) groups is 1. The molecule has 0 aliphatic carbocycles. The quantitative estimate of drug-likeness (QED) is 0.845. The van der Waals surface area contributed by atoms with Crippen LogP contribution in [0.25, 0.3) is 0 Å². The number of aliphatic hydroxyl groups is 1. The Bertz CT molecular complexity index is 455. The highest BCUT2D eigenvalue weighted by molar-refractivity contribution is 7.98. The molecular formula is C10H17NO4S2. The van der Waals surface area contributed by atoms with Gasteiger partial charge in [0.1, 0.15) is 12.4 Å². The van der Waals surface area contributed by atoms with E-state index in [1.165, 1.54) is 23.5 Å². The first-order valence-electron chi connectivity index (χ1n) is 5.10. The first-order chi connectivity index (χ1) is 7.93. The summed E-state index contributed by atoms with van der Waals surface area (Å²) in [6.45, 7) is 1.53. The smallest absolute Gasteiger partial charge is 0.276 e. The lowest BCUT2D eigenvalue weighted by Gasteiger charge is -2.22. The first kappa shape index (κ1) is 14.6. The van der Waals surface area contributed by atoms with Crippen molar-refractivity contribution in [3.63, 3.8) is 0 Å². The molecule has 1 unspecified atom stereocenters. The van der Waals surface area contributed by atoms with Crippen LogP contribution in [0.15, 0.2) is 21.6 Å². The third-order valence-corrected chi connectivity index (χ3v) is 5.12. The summed E-state index contributed by atoms with van der Waals surface area (Å²) < 4.78 is 30.6. The second-order valence-corrected chi connectivity index (χ2v) is 6.54. The van der Waals surface area contributed by atoms with E-state index in [0.717, 1.165) is 0 Å². The van der Waals surface area contributed by atoms with Gasteiger partial charge in [-0.25, -0.2) is 8.42 Å². The van der Waals surface area contributed by atoms with E-state index in [-0.39, 0.29) is 23.5 Å². The van der Waals surface area contributed by atoms with Crippen LogP contribution in [0.5, 0.6) is 0 Å². The Labute approximate surface area is 106 Å². The molecule has 0 radical (unpaired) electrons. The normalized spacial score (nSPS) is 14.2. The lowest BCUT2D eigenvalue weighted by atomic mass is 10.4. The average molecular weight is 279 g/mol. The van der Waals surface area contributed by atoms with E-state index in [2.05, 4.69) is 0 Å². The number of aliphatic hydroxyl groups excluding tert-OH is 1. The number of hydrogen-bond acceptors (Lipinski definition) is 5. The van der Waals surface area contributed by atoms with Crippen molar-refractivity contribution in [3.8, 4) is 0 Å². The maximum absolute atomic E-state index is 12.1. The molecule has 0 saturated heterocycles. The van der Waals surface area contributed by atoms with Gasteiger partial charge in [-0.2, -0.15) is 16.1 Å². The maximum atomic E-state index is 12.1. The molecule has 0 aliphatic rings. The van der Waals surface area contributed by atoms with Crippen molar-refractivity contribution in [2.75, 3.05) is 19.1 Å². The number of sulfonamides is 1. The average Bonchev–Trinajstić information content (AvgIpc) is 2.77. The number of rotatable bonds is 6. The minimum absolute atomic E-state index is 0.113. The summed E-state index contributed by atoms with van der Waals surface area (Å²) in [7, 11) is -2.08. The molecule has 7 heteroatoms. The largest absolute Gasteiger partial charge is 0.446 e. The lowest BCUT2D eigenvalue weighted by molar-refractivity contribution is 0.235. The van der Waals surface area contributed by atoms with E-state index >= 15 is 0 Å². The Hall–Kier alpha value is -0.500. The third kappa shape index (κ3) is 3.25. The zero-order valence-corrected chi connectivity index (χ0v) is 11.7. The van der Waals surface area contributed by atoms with Crippen LogP contribution in [0.2, 0.25) is 0 Å². The molecular weight excluding hydrogens is 262 g/mol. The van der Waals surface area contributed by atoms with Crippen molar-refractivity contribution in [1.82, 2.24) is 4.31 Å². The maximum Gasteiger partial charge on any atom is 0.276 e. The SMILES string of the molecule is CSCC(C)N(C)S(=O)(=O)c1ccc(CO)o1. The van der Waals surface area contributed by atoms with E-state index in [9.17, 15) is 8.42 Å². The highest BCUT2D eigenvalue weighted by atomic mass is 32.2. The second kappa shape index (κ2) is 5.90. The van der Waals surface area contributed by atoms with Crippen LogP contribution in [0.1, 0.15) is 12.7 Å². The predicted molar refractivity (Wildman–Crippen MR) is 67.4 cm³/mol. The first-order valence-corrected chi connectivity index (χ1v) is 7.93. The van der Waals surface area contributed by atoms with Crippen molar-refractivity contribution in [2.24, 2.45) is 0 Å². The summed E-state index contributed by atoms with van der Waals surface area (Å²) in [5, 5.41) is 8.72. The highest BCUT2D eigenvalue weighted by Crippen LogP contribution is 2.20. The molecule has 0 bridgehead atoms. The van der Waals surface area contributed by atoms with Crippen LogP contribution in [-0.2, 0) is 16.6 Å². The van der Waals surface area contributed by atoms with Crippen molar-refractivity contribution < 1.29 is 17.9 Å². The fourth-order valence-corrected chi connectivity index (χ4v) is 3.39. The van der Waals surface area contributed by atoms with E-state index in [4.69, 9.17) is 9.52 Å². The molecule has 0 aromatic carbocycles. The van der Waals surface area contributed by atoms with Gasteiger partial charge in [-0.1, -0.05) is 0 Å². The molecule has 5 nitrogen and oxygen atoms in total. The Morgan fingerprint density at radius 2 is 2.18 bits per heavy atom. The minimum atomic E-state index is -3.61. The van der Waals surface area contributed by atoms with Gasteiger partial charge in [0.15, 0.2) is 0 Å². The van der Waals surface area contributed by atoms with Gasteiger partial charge in [0.2, 0.25) is 5.09 Å². The second-order valence-electron chi connectivity index (χ2n) is 3.70. The van der Waals surface area contributed by atoms with Crippen LogP contribution in [0.3, 0.4) is 0 Å². The third-order valence-electron chi connectivity index (χ3n) is 2.45. The summed E-state index contributed by atoms with van der Waals surface area (Å²) >= 11 is 1.58. The van der Waals surface area contributed by atoms with Gasteiger partial charge in [0, 0.05) is 18.8 Å². The van der Waals surface area contributed by atoms with Crippen molar-refractivity contribution in [3.05, 3.63) is 17.9 Å². The van der Waals surface area contributed by atoms with E-state index in [1.807, 2.05) is 13.2 Å². The van der Waals surface area contributed by atoms with Crippen molar-refractivity contribution >= 4 is 21.8 Å². The summed E-state index contributed by atoms with van der Waals surface area (Å²) in [4.78, 5) is 0. The Morgan fingerprint density at radius 1 is 1.53 bits per heavy atom. The molecule has 1 N–H and O–H groups in total. The van der Waals surface area contributed by atoms with Crippen LogP contribution in [-0.4, -0.2) is 42.9 Å². The number of nitrogens with zero attached hydrogens (tertiary/aromatic N) is 1. The van der Waals surface area contributed by atoms with Gasteiger partial charge in [0.05, 0.1) is 0 Å². The molecule has 0 amide bonds. The molecule has 0 aliphatic heterocycles. The monoisotopic (exact) mass is 279 g/mol. The Balaban J connectivity index is 2.94. The molecule has 1 rings (SSSR count). The predicted octanol–water partition coefficient (Wildman–Crippen LogP) is 1.14. The molecule has 0 fully saturated rings. The molecule has 0 saturated carbocycles. The minimum Gasteiger partial charge on any atom is -0.446 e. The number of hydrogen-bond donors (Lipinski definition) is 1. The van der Waals surface area contributed by atoms with Gasteiger partial charge >= 0.3 is 0 Å². The van der Waals surface area contributed by atoms with E-state index < -0.39 is 10.0 Å². The molecule has 0 spiro atoms. The van der Waals surface area contributed by atoms with E-state index in [1.54, 1.807) is 11.8 Å². The Morgan fingerprint density at radius 3 is 2.65 bits per heavy atom. The standard InChI is InChI=1S/C10H17NO4S2/c1-8(7-16-3)11(2)17(13,14)10-5-4-9(6-12)15-10/h4-5,8,12H,6-7H2,1-3H3. The van der Waals surface area contributed by atoms with Crippen molar-refractivity contribution in [1.29, 1.82) is 0 Å². The summed E-state index contributed by atoms with van der Waals surface area (Å²) in [5.41, 5.74) is 0. The fraction of sp³-hybridized carbons (Fsp3) is 0.600. The zero-order valence-electron chi connectivity index (χ0n) is 10.1. The van der Waals surface area contributed by atoms with Crippen LogP contribution >= 0.6 is 11.8 Å². The Kier molecular flexibility index (Phi) is 5.05. The van der Waals surface area contributed by atoms with Gasteiger partial charge in [-0.05, 0) is 25.3 Å². The molecule has 1 aromatic rings. The molecule has 98 valence electrons. The van der Waals surface area contributed by atoms with Gasteiger partial charge < -0.3 is 9.52 Å². The van der Waals surface area contributed by atoms with E-state index in [0.29, 0.717) is 5.75 Å². The molecule has 1 atom stereocenters. The topological polar surface area (TPSA) is 70.8 Å². The summed E-state index contributed by atoms with van der Waals surface area (Å²) in [6, 6.07) is 2.71. The van der Waals surface area contributed by atoms with Gasteiger partial charge in [-0.15, -0.1) is 0 Å².